The second kappa shape index (κ2) is 2.16. The monoisotopic (exact) mass is 139 g/mol. The molecule has 3 heteroatoms. The van der Waals surface area contributed by atoms with Crippen molar-refractivity contribution < 1.29 is 0 Å². The number of nitrogens with one attached hydrogen (secondary N) is 2. The zero-order chi connectivity index (χ0) is 6.97. The third kappa shape index (κ3) is 0.865. The van der Waals surface area contributed by atoms with Crippen LogP contribution in [0.1, 0.15) is 6.42 Å². The van der Waals surface area contributed by atoms with E-state index in [1.807, 2.05) is 0 Å². The van der Waals surface area contributed by atoms with Gasteiger partial charge in [-0.05, 0) is 18.9 Å². The Bertz CT molecular complexity index is 164. The molecule has 2 atom stereocenters. The van der Waals surface area contributed by atoms with E-state index in [-0.39, 0.29) is 0 Å². The van der Waals surface area contributed by atoms with Crippen molar-refractivity contribution in [1.82, 2.24) is 10.6 Å². The minimum Gasteiger partial charge on any atom is -0.372 e. The maximum Gasteiger partial charge on any atom is 0.0843 e. The summed E-state index contributed by atoms with van der Waals surface area (Å²) in [4.78, 5) is 0. The first-order chi connectivity index (χ1) is 4.92. The maximum absolute atomic E-state index is 5.52. The quantitative estimate of drug-likeness (QED) is 0.486. The smallest absolute Gasteiger partial charge is 0.0843 e. The molecule has 10 heavy (non-hydrogen) atoms. The molecule has 0 amide bonds. The predicted octanol–water partition coefficient (Wildman–Crippen LogP) is -0.427. The molecular weight excluding hydrogens is 126 g/mol. The van der Waals surface area contributed by atoms with Crippen LogP contribution in [0.3, 0.4) is 0 Å². The Morgan fingerprint density at radius 3 is 3.10 bits per heavy atom. The highest BCUT2D eigenvalue weighted by molar-refractivity contribution is 5.16. The van der Waals surface area contributed by atoms with Crippen LogP contribution in [0.15, 0.2) is 11.9 Å². The first-order valence-corrected chi connectivity index (χ1v) is 3.79. The van der Waals surface area contributed by atoms with Crippen molar-refractivity contribution in [2.75, 3.05) is 13.2 Å². The van der Waals surface area contributed by atoms with Gasteiger partial charge in [-0.3, -0.25) is 0 Å². The molecule has 1 aliphatic carbocycles. The molecule has 0 saturated heterocycles. The van der Waals surface area contributed by atoms with E-state index in [4.69, 9.17) is 5.73 Å². The Labute approximate surface area is 60.7 Å². The Kier molecular flexibility index (Phi) is 1.31. The van der Waals surface area contributed by atoms with Gasteiger partial charge < -0.3 is 16.4 Å². The number of hydrogen-bond donors (Lipinski definition) is 3. The fourth-order valence-corrected chi connectivity index (χ4v) is 1.49. The molecule has 1 heterocycles. The van der Waals surface area contributed by atoms with E-state index >= 15 is 0 Å². The Morgan fingerprint density at radius 2 is 2.60 bits per heavy atom. The second-order valence-electron chi connectivity index (χ2n) is 3.00. The van der Waals surface area contributed by atoms with Crippen LogP contribution < -0.4 is 16.4 Å². The molecule has 2 unspecified atom stereocenters. The summed E-state index contributed by atoms with van der Waals surface area (Å²) in [6, 6.07) is 0. The standard InChI is InChI=1S/C7H13N3/c8-2-5-1-6(5)7-3-9-4-10-7/h3,5-6,9-10H,1-2,4,8H2. The molecule has 0 radical (unpaired) electrons. The van der Waals surface area contributed by atoms with Gasteiger partial charge in [-0.2, -0.15) is 0 Å². The first-order valence-electron chi connectivity index (χ1n) is 3.79. The van der Waals surface area contributed by atoms with Crippen molar-refractivity contribution in [2.45, 2.75) is 6.42 Å². The molecule has 1 aliphatic heterocycles. The summed E-state index contributed by atoms with van der Waals surface area (Å²) in [7, 11) is 0. The van der Waals surface area contributed by atoms with Gasteiger partial charge in [-0.15, -0.1) is 0 Å². The van der Waals surface area contributed by atoms with Crippen molar-refractivity contribution in [1.29, 1.82) is 0 Å². The van der Waals surface area contributed by atoms with Crippen molar-refractivity contribution in [2.24, 2.45) is 17.6 Å². The van der Waals surface area contributed by atoms with Crippen LogP contribution in [0, 0.1) is 11.8 Å². The molecule has 2 rings (SSSR count). The molecule has 0 bridgehead atoms. The number of allylic oxidation sites excluding steroid dienone is 1. The highest BCUT2D eigenvalue weighted by Crippen LogP contribution is 2.42. The lowest BCUT2D eigenvalue weighted by molar-refractivity contribution is 0.717. The largest absolute Gasteiger partial charge is 0.372 e. The van der Waals surface area contributed by atoms with E-state index < -0.39 is 0 Å². The highest BCUT2D eigenvalue weighted by Gasteiger charge is 2.39. The topological polar surface area (TPSA) is 50.1 Å². The molecule has 0 aromatic rings. The minimum absolute atomic E-state index is 0.736. The zero-order valence-electron chi connectivity index (χ0n) is 5.93. The van der Waals surface area contributed by atoms with Crippen LogP contribution in [0.4, 0.5) is 0 Å². The summed E-state index contributed by atoms with van der Waals surface area (Å²) in [5.41, 5.74) is 6.87. The van der Waals surface area contributed by atoms with Crippen LogP contribution in [0.5, 0.6) is 0 Å². The lowest BCUT2D eigenvalue weighted by atomic mass is 10.2. The van der Waals surface area contributed by atoms with Crippen molar-refractivity contribution >= 4 is 0 Å². The normalized spacial score (nSPS) is 36.3. The van der Waals surface area contributed by atoms with E-state index in [1.54, 1.807) is 0 Å². The predicted molar refractivity (Wildman–Crippen MR) is 39.9 cm³/mol. The van der Waals surface area contributed by atoms with Crippen LogP contribution in [0.2, 0.25) is 0 Å². The minimum atomic E-state index is 0.736. The number of nitrogens with two attached hydrogens (primary N) is 1. The van der Waals surface area contributed by atoms with Gasteiger partial charge in [0.05, 0.1) is 6.67 Å². The number of rotatable bonds is 2. The molecule has 0 spiro atoms. The van der Waals surface area contributed by atoms with Crippen LogP contribution in [0.25, 0.3) is 0 Å². The Balaban J connectivity index is 1.90. The first kappa shape index (κ1) is 6.04. The molecule has 4 N–H and O–H groups in total. The summed E-state index contributed by atoms with van der Waals surface area (Å²) < 4.78 is 0. The Hall–Kier alpha value is -0.700. The van der Waals surface area contributed by atoms with Gasteiger partial charge in [-0.25, -0.2) is 0 Å². The molecule has 0 aromatic carbocycles. The third-order valence-electron chi connectivity index (χ3n) is 2.28. The average molecular weight is 139 g/mol. The Morgan fingerprint density at radius 1 is 1.70 bits per heavy atom. The van der Waals surface area contributed by atoms with E-state index in [9.17, 15) is 0 Å². The fraction of sp³-hybridized carbons (Fsp3) is 0.714. The van der Waals surface area contributed by atoms with Gasteiger partial charge in [0.15, 0.2) is 0 Å². The van der Waals surface area contributed by atoms with Crippen LogP contribution in [-0.4, -0.2) is 13.2 Å². The van der Waals surface area contributed by atoms with Gasteiger partial charge in [-0.1, -0.05) is 0 Å². The molecule has 2 aliphatic rings. The van der Waals surface area contributed by atoms with Crippen LogP contribution in [-0.2, 0) is 0 Å². The second-order valence-corrected chi connectivity index (χ2v) is 3.00. The molecular formula is C7H13N3. The summed E-state index contributed by atoms with van der Waals surface area (Å²) in [6.45, 7) is 1.73. The fourth-order valence-electron chi connectivity index (χ4n) is 1.49. The van der Waals surface area contributed by atoms with Gasteiger partial charge in [0.1, 0.15) is 0 Å². The molecule has 56 valence electrons. The summed E-state index contributed by atoms with van der Waals surface area (Å²) in [6.07, 6.45) is 3.34. The zero-order valence-corrected chi connectivity index (χ0v) is 5.93. The van der Waals surface area contributed by atoms with Crippen molar-refractivity contribution in [3.05, 3.63) is 11.9 Å². The lowest BCUT2D eigenvalue weighted by Crippen LogP contribution is -2.16. The van der Waals surface area contributed by atoms with Gasteiger partial charge in [0, 0.05) is 17.8 Å². The molecule has 1 fully saturated rings. The van der Waals surface area contributed by atoms with E-state index in [1.165, 1.54) is 12.1 Å². The van der Waals surface area contributed by atoms with E-state index in [2.05, 4.69) is 16.8 Å². The van der Waals surface area contributed by atoms with Crippen molar-refractivity contribution in [3.63, 3.8) is 0 Å². The SMILES string of the molecule is NCC1CC1C1=CNCN1. The summed E-state index contributed by atoms with van der Waals surface area (Å²) in [5, 5.41) is 6.40. The maximum atomic E-state index is 5.52. The van der Waals surface area contributed by atoms with Crippen molar-refractivity contribution in [3.8, 4) is 0 Å². The molecule has 1 saturated carbocycles. The lowest BCUT2D eigenvalue weighted by Gasteiger charge is -1.98. The average Bonchev–Trinajstić information content (AvgIpc) is 2.56. The van der Waals surface area contributed by atoms with Crippen LogP contribution >= 0.6 is 0 Å². The van der Waals surface area contributed by atoms with Gasteiger partial charge in [0.2, 0.25) is 0 Å². The highest BCUT2D eigenvalue weighted by atomic mass is 15.1. The summed E-state index contributed by atoms with van der Waals surface area (Å²) >= 11 is 0. The van der Waals surface area contributed by atoms with Gasteiger partial charge >= 0.3 is 0 Å². The molecule has 3 nitrogen and oxygen atoms in total. The van der Waals surface area contributed by atoms with E-state index in [0.29, 0.717) is 0 Å². The summed E-state index contributed by atoms with van der Waals surface area (Å²) in [5.74, 6) is 1.48. The molecule has 0 aromatic heterocycles. The third-order valence-corrected chi connectivity index (χ3v) is 2.28. The van der Waals surface area contributed by atoms with Gasteiger partial charge in [0.25, 0.3) is 0 Å². The number of hydrogen-bond acceptors (Lipinski definition) is 3. The van der Waals surface area contributed by atoms with E-state index in [0.717, 1.165) is 25.0 Å².